The van der Waals surface area contributed by atoms with Gasteiger partial charge in [0.1, 0.15) is 0 Å². The molecule has 6 heteroatoms. The van der Waals surface area contributed by atoms with Crippen LogP contribution in [0.2, 0.25) is 5.02 Å². The number of hydrogen-bond donors (Lipinski definition) is 1. The Morgan fingerprint density at radius 3 is 2.88 bits per heavy atom. The van der Waals surface area contributed by atoms with Crippen LogP contribution < -0.4 is 5.43 Å². The van der Waals surface area contributed by atoms with Gasteiger partial charge in [0.05, 0.1) is 17.5 Å². The molecule has 0 atom stereocenters. The minimum absolute atomic E-state index is 0.163. The van der Waals surface area contributed by atoms with E-state index in [0.29, 0.717) is 5.02 Å². The molecule has 1 amide bonds. The van der Waals surface area contributed by atoms with Crippen molar-refractivity contribution in [3.63, 3.8) is 0 Å². The Morgan fingerprint density at radius 1 is 1.23 bits per heavy atom. The maximum absolute atomic E-state index is 12.1. The lowest BCUT2D eigenvalue weighted by atomic mass is 10.1. The number of hydrogen-bond acceptors (Lipinski definition) is 4. The summed E-state index contributed by atoms with van der Waals surface area (Å²) in [7, 11) is 0. The average molecular weight is 384 g/mol. The molecule has 4 nitrogen and oxygen atoms in total. The van der Waals surface area contributed by atoms with Crippen molar-refractivity contribution in [2.45, 2.75) is 18.7 Å². The molecule has 0 unspecified atom stereocenters. The summed E-state index contributed by atoms with van der Waals surface area (Å²) < 4.78 is 0. The summed E-state index contributed by atoms with van der Waals surface area (Å²) in [5.41, 5.74) is 6.42. The predicted molar refractivity (Wildman–Crippen MR) is 109 cm³/mol. The zero-order valence-electron chi connectivity index (χ0n) is 14.5. The third-order valence-electron chi connectivity index (χ3n) is 3.66. The highest BCUT2D eigenvalue weighted by Crippen LogP contribution is 2.28. The van der Waals surface area contributed by atoms with Gasteiger partial charge in [0, 0.05) is 21.0 Å². The minimum atomic E-state index is -0.163. The number of carbonyl (C=O) groups is 1. The van der Waals surface area contributed by atoms with E-state index in [-0.39, 0.29) is 11.7 Å². The zero-order chi connectivity index (χ0) is 18.5. The largest absolute Gasteiger partial charge is 0.272 e. The summed E-state index contributed by atoms with van der Waals surface area (Å²) in [6.07, 6.45) is 1.57. The topological polar surface area (TPSA) is 54.4 Å². The Morgan fingerprint density at radius 2 is 2.08 bits per heavy atom. The minimum Gasteiger partial charge on any atom is -0.272 e. The van der Waals surface area contributed by atoms with E-state index in [4.69, 9.17) is 11.6 Å². The summed E-state index contributed by atoms with van der Waals surface area (Å²) in [5, 5.41) is 5.68. The Bertz CT molecular complexity index is 988. The summed E-state index contributed by atoms with van der Waals surface area (Å²) in [6.45, 7) is 4.00. The van der Waals surface area contributed by atoms with Gasteiger partial charge in [0.25, 0.3) is 0 Å². The van der Waals surface area contributed by atoms with Crippen molar-refractivity contribution in [3.8, 4) is 0 Å². The predicted octanol–water partition coefficient (Wildman–Crippen LogP) is 4.75. The van der Waals surface area contributed by atoms with E-state index in [1.54, 1.807) is 18.3 Å². The highest BCUT2D eigenvalue weighted by Gasteiger charge is 2.08. The Kier molecular flexibility index (Phi) is 5.91. The van der Waals surface area contributed by atoms with Crippen LogP contribution >= 0.6 is 23.4 Å². The van der Waals surface area contributed by atoms with Gasteiger partial charge in [-0.2, -0.15) is 5.10 Å². The molecule has 0 bridgehead atoms. The maximum atomic E-state index is 12.1. The smallest absolute Gasteiger partial charge is 0.250 e. The lowest BCUT2D eigenvalue weighted by Crippen LogP contribution is -2.19. The molecule has 0 aliphatic rings. The molecule has 0 radical (unpaired) electrons. The van der Waals surface area contributed by atoms with E-state index in [1.165, 1.54) is 17.3 Å². The van der Waals surface area contributed by atoms with E-state index in [2.05, 4.69) is 21.6 Å². The van der Waals surface area contributed by atoms with Crippen LogP contribution in [0.25, 0.3) is 10.9 Å². The third-order valence-corrected chi connectivity index (χ3v) is 4.96. The Balaban J connectivity index is 1.64. The fraction of sp³-hybridized carbons (Fsp3) is 0.150. The summed E-state index contributed by atoms with van der Waals surface area (Å²) in [4.78, 5) is 17.7. The quantitative estimate of drug-likeness (QED) is 0.393. The number of aromatic nitrogens is 1. The fourth-order valence-corrected chi connectivity index (χ4v) is 3.62. The van der Waals surface area contributed by atoms with Crippen molar-refractivity contribution < 1.29 is 4.79 Å². The van der Waals surface area contributed by atoms with Crippen molar-refractivity contribution in [1.29, 1.82) is 0 Å². The number of halogens is 1. The number of rotatable bonds is 5. The average Bonchev–Trinajstić information content (AvgIpc) is 2.60. The van der Waals surface area contributed by atoms with E-state index >= 15 is 0 Å². The highest BCUT2D eigenvalue weighted by atomic mass is 35.5. The number of pyridine rings is 1. The zero-order valence-corrected chi connectivity index (χ0v) is 16.1. The standard InChI is InChI=1S/C20H18ClN3OS/c1-13-6-7-18-17(8-13)19(9-14(2)23-18)26-12-20(25)24-22-11-15-4-3-5-16(21)10-15/h3-11H,12H2,1-2H3,(H,24,25)/b22-11+. The number of aryl methyl sites for hydroxylation is 2. The molecule has 1 heterocycles. The number of amides is 1. The number of nitrogens with zero attached hydrogens (tertiary/aromatic N) is 2. The van der Waals surface area contributed by atoms with Gasteiger partial charge in [0.15, 0.2) is 0 Å². The molecule has 2 aromatic carbocycles. The molecule has 1 aromatic heterocycles. The SMILES string of the molecule is Cc1ccc2nc(C)cc(SCC(=O)N/N=C/c3cccc(Cl)c3)c2c1. The second-order valence-corrected chi connectivity index (χ2v) is 7.37. The monoisotopic (exact) mass is 383 g/mol. The van der Waals surface area contributed by atoms with Gasteiger partial charge in [-0.05, 0) is 49.7 Å². The number of benzene rings is 2. The van der Waals surface area contributed by atoms with Crippen LogP contribution in [0, 0.1) is 13.8 Å². The van der Waals surface area contributed by atoms with Crippen LogP contribution in [0.5, 0.6) is 0 Å². The molecule has 26 heavy (non-hydrogen) atoms. The van der Waals surface area contributed by atoms with E-state index in [0.717, 1.165) is 27.1 Å². The van der Waals surface area contributed by atoms with Crippen LogP contribution in [-0.2, 0) is 4.79 Å². The van der Waals surface area contributed by atoms with Crippen molar-refractivity contribution in [3.05, 3.63) is 70.4 Å². The molecule has 0 fully saturated rings. The molecular formula is C20H18ClN3OS. The highest BCUT2D eigenvalue weighted by molar-refractivity contribution is 8.00. The van der Waals surface area contributed by atoms with Gasteiger partial charge < -0.3 is 0 Å². The molecule has 0 spiro atoms. The molecule has 1 N–H and O–H groups in total. The lowest BCUT2D eigenvalue weighted by Gasteiger charge is -2.08. The molecule has 0 aliphatic carbocycles. The van der Waals surface area contributed by atoms with Crippen LogP contribution in [0.4, 0.5) is 0 Å². The molecule has 3 rings (SSSR count). The molecule has 0 saturated heterocycles. The molecule has 0 aliphatic heterocycles. The number of carbonyl (C=O) groups excluding carboxylic acids is 1. The number of nitrogens with one attached hydrogen (secondary N) is 1. The number of fused-ring (bicyclic) bond motifs is 1. The first-order chi connectivity index (χ1) is 12.5. The van der Waals surface area contributed by atoms with Gasteiger partial charge in [-0.1, -0.05) is 35.4 Å². The molecule has 0 saturated carbocycles. The Labute approximate surface area is 161 Å². The van der Waals surface area contributed by atoms with Crippen LogP contribution in [0.1, 0.15) is 16.8 Å². The van der Waals surface area contributed by atoms with Gasteiger partial charge in [0.2, 0.25) is 5.91 Å². The summed E-state index contributed by atoms with van der Waals surface area (Å²) in [5.74, 6) is 0.114. The van der Waals surface area contributed by atoms with Crippen molar-refractivity contribution in [2.75, 3.05) is 5.75 Å². The van der Waals surface area contributed by atoms with E-state index in [9.17, 15) is 4.79 Å². The fourth-order valence-electron chi connectivity index (χ4n) is 2.50. The first kappa shape index (κ1) is 18.4. The van der Waals surface area contributed by atoms with Crippen LogP contribution in [0.3, 0.4) is 0 Å². The third kappa shape index (κ3) is 4.84. The molecule has 3 aromatic rings. The summed E-state index contributed by atoms with van der Waals surface area (Å²) in [6, 6.07) is 15.4. The number of thioether (sulfide) groups is 1. The maximum Gasteiger partial charge on any atom is 0.250 e. The second kappa shape index (κ2) is 8.34. The van der Waals surface area contributed by atoms with Crippen molar-refractivity contribution in [1.82, 2.24) is 10.4 Å². The van der Waals surface area contributed by atoms with Crippen LogP contribution in [0.15, 0.2) is 58.5 Å². The van der Waals surface area contributed by atoms with Crippen LogP contribution in [-0.4, -0.2) is 22.9 Å². The van der Waals surface area contributed by atoms with Crippen molar-refractivity contribution in [2.24, 2.45) is 5.10 Å². The second-order valence-electron chi connectivity index (χ2n) is 5.92. The van der Waals surface area contributed by atoms with Gasteiger partial charge in [-0.15, -0.1) is 11.8 Å². The summed E-state index contributed by atoms with van der Waals surface area (Å²) >= 11 is 7.40. The molecule has 132 valence electrons. The lowest BCUT2D eigenvalue weighted by molar-refractivity contribution is -0.118. The normalized spacial score (nSPS) is 11.2. The first-order valence-corrected chi connectivity index (χ1v) is 9.46. The number of hydrazone groups is 1. The first-order valence-electron chi connectivity index (χ1n) is 8.09. The van der Waals surface area contributed by atoms with E-state index < -0.39 is 0 Å². The van der Waals surface area contributed by atoms with E-state index in [1.807, 2.05) is 44.2 Å². The Hall–Kier alpha value is -2.37. The molecular weight excluding hydrogens is 366 g/mol. The van der Waals surface area contributed by atoms with Gasteiger partial charge in [-0.25, -0.2) is 5.43 Å². The van der Waals surface area contributed by atoms with Gasteiger partial charge >= 0.3 is 0 Å². The van der Waals surface area contributed by atoms with Crippen molar-refractivity contribution >= 4 is 46.4 Å². The van der Waals surface area contributed by atoms with Gasteiger partial charge in [-0.3, -0.25) is 9.78 Å².